The van der Waals surface area contributed by atoms with Crippen molar-refractivity contribution in [3.8, 4) is 0 Å². The quantitative estimate of drug-likeness (QED) is 0.719. The highest BCUT2D eigenvalue weighted by atomic mass is 35.5. The number of ether oxygens (including phenoxy) is 1. The Morgan fingerprint density at radius 3 is 2.54 bits per heavy atom. The van der Waals surface area contributed by atoms with Gasteiger partial charge in [0.15, 0.2) is 0 Å². The fourth-order valence-corrected chi connectivity index (χ4v) is 4.40. The topological polar surface area (TPSA) is 75.7 Å². The second kappa shape index (κ2) is 9.07. The summed E-state index contributed by atoms with van der Waals surface area (Å²) in [5.74, 6) is -0.396. The number of nitrogens with zero attached hydrogens (tertiary/aromatic N) is 1. The van der Waals surface area contributed by atoms with Crippen molar-refractivity contribution in [3.63, 3.8) is 0 Å². The fourth-order valence-electron chi connectivity index (χ4n) is 2.64. The fraction of sp³-hybridized carbons (Fsp3) is 0.211. The van der Waals surface area contributed by atoms with Crippen LogP contribution in [-0.2, 0) is 19.6 Å². The van der Waals surface area contributed by atoms with Gasteiger partial charge in [-0.2, -0.15) is 4.31 Å². The molecule has 1 N–H and O–H groups in total. The number of rotatable bonds is 5. The number of anilines is 1. The Labute approximate surface area is 173 Å². The van der Waals surface area contributed by atoms with Gasteiger partial charge in [-0.3, -0.25) is 4.79 Å². The van der Waals surface area contributed by atoms with E-state index in [4.69, 9.17) is 27.9 Å². The zero-order valence-corrected chi connectivity index (χ0v) is 17.1. The lowest BCUT2D eigenvalue weighted by Gasteiger charge is -2.26. The zero-order chi connectivity index (χ0) is 20.1. The largest absolute Gasteiger partial charge is 0.379 e. The van der Waals surface area contributed by atoms with E-state index in [9.17, 15) is 13.2 Å². The maximum Gasteiger partial charge on any atom is 0.248 e. The highest BCUT2D eigenvalue weighted by Gasteiger charge is 2.26. The predicted molar refractivity (Wildman–Crippen MR) is 110 cm³/mol. The van der Waals surface area contributed by atoms with Crippen LogP contribution in [0, 0.1) is 0 Å². The summed E-state index contributed by atoms with van der Waals surface area (Å²) >= 11 is 11.8. The average molecular weight is 441 g/mol. The first-order chi connectivity index (χ1) is 13.4. The Morgan fingerprint density at radius 2 is 1.82 bits per heavy atom. The summed E-state index contributed by atoms with van der Waals surface area (Å²) in [5.41, 5.74) is 1.10. The lowest BCUT2D eigenvalue weighted by atomic mass is 10.2. The van der Waals surface area contributed by atoms with E-state index in [-0.39, 0.29) is 4.90 Å². The first-order valence-corrected chi connectivity index (χ1v) is 10.7. The van der Waals surface area contributed by atoms with Crippen LogP contribution in [0.1, 0.15) is 5.56 Å². The van der Waals surface area contributed by atoms with E-state index in [1.165, 1.54) is 22.5 Å². The van der Waals surface area contributed by atoms with Crippen molar-refractivity contribution in [3.05, 3.63) is 64.1 Å². The van der Waals surface area contributed by atoms with Gasteiger partial charge in [0.2, 0.25) is 15.9 Å². The standard InChI is InChI=1S/C19H18Cl2N2O4S/c20-17-6-4-14(12-18(17)21)5-7-19(24)22-15-2-1-3-16(13-15)28(25,26)23-8-10-27-11-9-23/h1-7,12-13H,8-11H2,(H,22,24)/b7-5+. The maximum atomic E-state index is 12.7. The van der Waals surface area contributed by atoms with Crippen molar-refractivity contribution in [2.75, 3.05) is 31.6 Å². The normalized spacial score (nSPS) is 15.6. The van der Waals surface area contributed by atoms with Gasteiger partial charge < -0.3 is 10.1 Å². The van der Waals surface area contributed by atoms with Crippen LogP contribution in [0.25, 0.3) is 6.08 Å². The van der Waals surface area contributed by atoms with Crippen LogP contribution < -0.4 is 5.32 Å². The lowest BCUT2D eigenvalue weighted by Crippen LogP contribution is -2.40. The Morgan fingerprint density at radius 1 is 1.07 bits per heavy atom. The van der Waals surface area contributed by atoms with Crippen molar-refractivity contribution < 1.29 is 17.9 Å². The Kier molecular flexibility index (Phi) is 6.74. The van der Waals surface area contributed by atoms with E-state index in [2.05, 4.69) is 5.32 Å². The molecule has 0 spiro atoms. The minimum absolute atomic E-state index is 0.126. The summed E-state index contributed by atoms with van der Waals surface area (Å²) in [6.07, 6.45) is 2.93. The Bertz CT molecular complexity index is 1000. The van der Waals surface area contributed by atoms with E-state index in [0.717, 1.165) is 0 Å². The predicted octanol–water partition coefficient (Wildman–Crippen LogP) is 3.67. The lowest BCUT2D eigenvalue weighted by molar-refractivity contribution is -0.111. The van der Waals surface area contributed by atoms with Gasteiger partial charge in [-0.1, -0.05) is 35.3 Å². The molecule has 148 valence electrons. The van der Waals surface area contributed by atoms with Gasteiger partial charge in [0.05, 0.1) is 28.2 Å². The van der Waals surface area contributed by atoms with Gasteiger partial charge in [-0.15, -0.1) is 0 Å². The highest BCUT2D eigenvalue weighted by Crippen LogP contribution is 2.23. The van der Waals surface area contributed by atoms with Crippen LogP contribution in [-0.4, -0.2) is 44.9 Å². The highest BCUT2D eigenvalue weighted by molar-refractivity contribution is 7.89. The number of benzene rings is 2. The molecule has 1 fully saturated rings. The van der Waals surface area contributed by atoms with Gasteiger partial charge in [0, 0.05) is 24.9 Å². The summed E-state index contributed by atoms with van der Waals surface area (Å²) < 4.78 is 32.0. The number of hydrogen-bond donors (Lipinski definition) is 1. The second-order valence-corrected chi connectivity index (χ2v) is 8.79. The number of sulfonamides is 1. The molecule has 1 aliphatic heterocycles. The number of halogens is 2. The van der Waals surface area contributed by atoms with E-state index < -0.39 is 15.9 Å². The van der Waals surface area contributed by atoms with Crippen molar-refractivity contribution in [2.45, 2.75) is 4.90 Å². The van der Waals surface area contributed by atoms with E-state index in [1.54, 1.807) is 36.4 Å². The molecule has 6 nitrogen and oxygen atoms in total. The molecule has 0 aliphatic carbocycles. The summed E-state index contributed by atoms with van der Waals surface area (Å²) in [6.45, 7) is 1.36. The SMILES string of the molecule is O=C(/C=C/c1ccc(Cl)c(Cl)c1)Nc1cccc(S(=O)(=O)N2CCOCC2)c1. The molecule has 1 saturated heterocycles. The molecular weight excluding hydrogens is 423 g/mol. The van der Waals surface area contributed by atoms with Crippen LogP contribution in [0.5, 0.6) is 0 Å². The molecule has 0 radical (unpaired) electrons. The molecule has 2 aromatic carbocycles. The number of carbonyl (C=O) groups excluding carboxylic acids is 1. The number of nitrogens with one attached hydrogen (secondary N) is 1. The Balaban J connectivity index is 1.70. The zero-order valence-electron chi connectivity index (χ0n) is 14.8. The molecule has 0 bridgehead atoms. The monoisotopic (exact) mass is 440 g/mol. The molecule has 0 saturated carbocycles. The van der Waals surface area contributed by atoms with Gasteiger partial charge in [0.1, 0.15) is 0 Å². The molecule has 0 aromatic heterocycles. The molecule has 3 rings (SSSR count). The third kappa shape index (κ3) is 5.12. The van der Waals surface area contributed by atoms with E-state index in [1.807, 2.05) is 0 Å². The van der Waals surface area contributed by atoms with Crippen molar-refractivity contribution in [2.24, 2.45) is 0 Å². The smallest absolute Gasteiger partial charge is 0.248 e. The van der Waals surface area contributed by atoms with Crippen molar-refractivity contribution >= 4 is 50.9 Å². The summed E-state index contributed by atoms with van der Waals surface area (Å²) in [7, 11) is -3.63. The molecule has 2 aromatic rings. The molecule has 0 unspecified atom stereocenters. The van der Waals surface area contributed by atoms with Crippen molar-refractivity contribution in [1.29, 1.82) is 0 Å². The minimum Gasteiger partial charge on any atom is -0.379 e. The van der Waals surface area contributed by atoms with Gasteiger partial charge in [0.25, 0.3) is 0 Å². The molecule has 28 heavy (non-hydrogen) atoms. The third-order valence-corrected chi connectivity index (χ3v) is 6.71. The molecule has 1 aliphatic rings. The van der Waals surface area contributed by atoms with Crippen LogP contribution in [0.4, 0.5) is 5.69 Å². The molecule has 1 amide bonds. The molecule has 1 heterocycles. The minimum atomic E-state index is -3.63. The van der Waals surface area contributed by atoms with Crippen LogP contribution in [0.15, 0.2) is 53.4 Å². The third-order valence-electron chi connectivity index (χ3n) is 4.08. The average Bonchev–Trinajstić information content (AvgIpc) is 2.70. The number of amides is 1. The molecule has 9 heteroatoms. The summed E-state index contributed by atoms with van der Waals surface area (Å²) in [6, 6.07) is 11.2. The summed E-state index contributed by atoms with van der Waals surface area (Å²) in [5, 5.41) is 3.49. The van der Waals surface area contributed by atoms with Gasteiger partial charge >= 0.3 is 0 Å². The van der Waals surface area contributed by atoms with Crippen LogP contribution in [0.3, 0.4) is 0 Å². The number of morpholine rings is 1. The maximum absolute atomic E-state index is 12.7. The van der Waals surface area contributed by atoms with Crippen LogP contribution in [0.2, 0.25) is 10.0 Å². The van der Waals surface area contributed by atoms with E-state index in [0.29, 0.717) is 47.6 Å². The van der Waals surface area contributed by atoms with Crippen LogP contribution >= 0.6 is 23.2 Å². The second-order valence-electron chi connectivity index (χ2n) is 6.04. The van der Waals surface area contributed by atoms with E-state index >= 15 is 0 Å². The first kappa shape index (κ1) is 20.8. The van der Waals surface area contributed by atoms with Gasteiger partial charge in [-0.25, -0.2) is 8.42 Å². The number of carbonyl (C=O) groups is 1. The van der Waals surface area contributed by atoms with Crippen molar-refractivity contribution in [1.82, 2.24) is 4.31 Å². The molecule has 0 atom stereocenters. The first-order valence-electron chi connectivity index (χ1n) is 8.48. The number of hydrogen-bond acceptors (Lipinski definition) is 4. The summed E-state index contributed by atoms with van der Waals surface area (Å²) in [4.78, 5) is 12.3. The van der Waals surface area contributed by atoms with Gasteiger partial charge in [-0.05, 0) is 42.0 Å². The molecular formula is C19H18Cl2N2O4S. The Hall–Kier alpha value is -1.90.